The second kappa shape index (κ2) is 7.10. The Hall–Kier alpha value is -1.92. The molecule has 5 nitrogen and oxygen atoms in total. The summed E-state index contributed by atoms with van der Waals surface area (Å²) in [6.45, 7) is 3.49. The highest BCUT2D eigenvalue weighted by atomic mass is 19.1. The van der Waals surface area contributed by atoms with Crippen LogP contribution in [0, 0.1) is 12.7 Å². The van der Waals surface area contributed by atoms with Gasteiger partial charge >= 0.3 is 0 Å². The van der Waals surface area contributed by atoms with Crippen LogP contribution in [-0.4, -0.2) is 41.0 Å². The molecule has 2 atom stereocenters. The molecule has 1 aromatic heterocycles. The Morgan fingerprint density at radius 1 is 1.43 bits per heavy atom. The van der Waals surface area contributed by atoms with E-state index in [9.17, 15) is 9.50 Å². The molecule has 124 valence electrons. The van der Waals surface area contributed by atoms with E-state index in [-0.39, 0.29) is 18.5 Å². The van der Waals surface area contributed by atoms with Crippen molar-refractivity contribution in [2.24, 2.45) is 0 Å². The third-order valence-electron chi connectivity index (χ3n) is 4.04. The second-order valence-electron chi connectivity index (χ2n) is 5.94. The van der Waals surface area contributed by atoms with Gasteiger partial charge in [-0.2, -0.15) is 0 Å². The number of nitrogens with zero attached hydrogens (tertiary/aromatic N) is 2. The molecule has 0 amide bonds. The summed E-state index contributed by atoms with van der Waals surface area (Å²) < 4.78 is 23.7. The molecule has 1 saturated heterocycles. The van der Waals surface area contributed by atoms with Crippen LogP contribution in [0.1, 0.15) is 30.3 Å². The summed E-state index contributed by atoms with van der Waals surface area (Å²) >= 11 is 0. The first-order chi connectivity index (χ1) is 11.1. The maximum atomic E-state index is 12.8. The van der Waals surface area contributed by atoms with Crippen molar-refractivity contribution in [3.05, 3.63) is 47.6 Å². The van der Waals surface area contributed by atoms with Crippen molar-refractivity contribution in [3.8, 4) is 5.75 Å². The van der Waals surface area contributed by atoms with E-state index in [0.717, 1.165) is 30.8 Å². The van der Waals surface area contributed by atoms with Gasteiger partial charge in [0.15, 0.2) is 5.76 Å². The highest BCUT2D eigenvalue weighted by Gasteiger charge is 2.30. The Kier molecular flexibility index (Phi) is 4.93. The molecule has 0 bridgehead atoms. The number of aryl methyl sites for hydroxylation is 1. The predicted molar refractivity (Wildman–Crippen MR) is 82.7 cm³/mol. The Morgan fingerprint density at radius 3 is 2.91 bits per heavy atom. The van der Waals surface area contributed by atoms with E-state index >= 15 is 0 Å². The monoisotopic (exact) mass is 320 g/mol. The van der Waals surface area contributed by atoms with Crippen molar-refractivity contribution in [1.82, 2.24) is 10.1 Å². The molecule has 1 N–H and O–H groups in total. The third kappa shape index (κ3) is 4.09. The van der Waals surface area contributed by atoms with Crippen molar-refractivity contribution in [1.29, 1.82) is 0 Å². The lowest BCUT2D eigenvalue weighted by Crippen LogP contribution is -2.35. The van der Waals surface area contributed by atoms with Crippen LogP contribution in [-0.2, 0) is 0 Å². The quantitative estimate of drug-likeness (QED) is 0.887. The largest absolute Gasteiger partial charge is 0.491 e. The average molecular weight is 320 g/mol. The number of likely N-dealkylation sites (tertiary alicyclic amines) is 1. The standard InChI is InChI=1S/C17H21FN2O3/c1-12-9-17(23-19-12)16-3-2-8-20(16)10-14(21)11-22-15-6-4-13(18)5-7-15/h4-7,9,14,16,21H,2-3,8,10-11H2,1H3/t14-,16-/m1/s1. The predicted octanol–water partition coefficient (Wildman–Crippen LogP) is 2.70. The normalized spacial score (nSPS) is 19.9. The summed E-state index contributed by atoms with van der Waals surface area (Å²) in [6.07, 6.45) is 1.44. The molecule has 2 aromatic rings. The summed E-state index contributed by atoms with van der Waals surface area (Å²) in [6, 6.07) is 7.90. The number of hydrogen-bond acceptors (Lipinski definition) is 5. The minimum absolute atomic E-state index is 0.164. The Morgan fingerprint density at radius 2 is 2.22 bits per heavy atom. The van der Waals surface area contributed by atoms with Crippen LogP contribution in [0.4, 0.5) is 4.39 Å². The van der Waals surface area contributed by atoms with Crippen LogP contribution in [0.3, 0.4) is 0 Å². The van der Waals surface area contributed by atoms with Crippen molar-refractivity contribution in [2.45, 2.75) is 31.9 Å². The molecule has 23 heavy (non-hydrogen) atoms. The van der Waals surface area contributed by atoms with Gasteiger partial charge in [0.1, 0.15) is 24.3 Å². The number of hydrogen-bond donors (Lipinski definition) is 1. The van der Waals surface area contributed by atoms with Gasteiger partial charge in [-0.05, 0) is 50.6 Å². The van der Waals surface area contributed by atoms with Crippen LogP contribution in [0.15, 0.2) is 34.9 Å². The SMILES string of the molecule is Cc1cc([C@H]2CCCN2C[C@@H](O)COc2ccc(F)cc2)on1. The molecular formula is C17H21FN2O3. The van der Waals surface area contributed by atoms with Gasteiger partial charge in [0, 0.05) is 12.6 Å². The first kappa shape index (κ1) is 16.0. The van der Waals surface area contributed by atoms with E-state index in [2.05, 4.69) is 10.1 Å². The third-order valence-corrected chi connectivity index (χ3v) is 4.04. The first-order valence-corrected chi connectivity index (χ1v) is 7.85. The molecule has 1 fully saturated rings. The van der Waals surface area contributed by atoms with E-state index in [4.69, 9.17) is 9.26 Å². The number of rotatable bonds is 6. The number of halogens is 1. The molecule has 1 aliphatic heterocycles. The van der Waals surface area contributed by atoms with Gasteiger partial charge in [0.25, 0.3) is 0 Å². The van der Waals surface area contributed by atoms with Gasteiger partial charge in [-0.1, -0.05) is 5.16 Å². The van der Waals surface area contributed by atoms with Crippen molar-refractivity contribution in [3.63, 3.8) is 0 Å². The topological polar surface area (TPSA) is 58.7 Å². The average Bonchev–Trinajstić information content (AvgIpc) is 3.15. The molecular weight excluding hydrogens is 299 g/mol. The van der Waals surface area contributed by atoms with Crippen LogP contribution in [0.2, 0.25) is 0 Å². The molecule has 3 rings (SSSR count). The fourth-order valence-electron chi connectivity index (χ4n) is 2.95. The molecule has 1 aromatic carbocycles. The maximum Gasteiger partial charge on any atom is 0.154 e. The van der Waals surface area contributed by atoms with Crippen molar-refractivity contribution in [2.75, 3.05) is 19.7 Å². The van der Waals surface area contributed by atoms with Crippen LogP contribution < -0.4 is 4.74 Å². The molecule has 0 radical (unpaired) electrons. The molecule has 1 aliphatic rings. The summed E-state index contributed by atoms with van der Waals surface area (Å²) in [4.78, 5) is 2.19. The van der Waals surface area contributed by atoms with E-state index in [1.807, 2.05) is 13.0 Å². The van der Waals surface area contributed by atoms with Gasteiger partial charge < -0.3 is 14.4 Å². The lowest BCUT2D eigenvalue weighted by molar-refractivity contribution is 0.0597. The summed E-state index contributed by atoms with van der Waals surface area (Å²) in [5.74, 6) is 1.10. The van der Waals surface area contributed by atoms with Gasteiger partial charge in [-0.25, -0.2) is 4.39 Å². The summed E-state index contributed by atoms with van der Waals surface area (Å²) in [5, 5.41) is 14.1. The van der Waals surface area contributed by atoms with Gasteiger partial charge in [0.2, 0.25) is 0 Å². The van der Waals surface area contributed by atoms with E-state index in [1.165, 1.54) is 12.1 Å². The minimum atomic E-state index is -0.621. The van der Waals surface area contributed by atoms with E-state index < -0.39 is 6.10 Å². The smallest absolute Gasteiger partial charge is 0.154 e. The van der Waals surface area contributed by atoms with Crippen LogP contribution in [0.25, 0.3) is 0 Å². The number of ether oxygens (including phenoxy) is 1. The Balaban J connectivity index is 1.52. The highest BCUT2D eigenvalue weighted by Crippen LogP contribution is 2.32. The van der Waals surface area contributed by atoms with Gasteiger partial charge in [0.05, 0.1) is 11.7 Å². The zero-order valence-corrected chi connectivity index (χ0v) is 13.1. The minimum Gasteiger partial charge on any atom is -0.491 e. The molecule has 6 heteroatoms. The molecule has 0 unspecified atom stereocenters. The summed E-state index contributed by atoms with van der Waals surface area (Å²) in [5.41, 5.74) is 0.868. The molecule has 0 spiro atoms. The van der Waals surface area contributed by atoms with Crippen LogP contribution >= 0.6 is 0 Å². The van der Waals surface area contributed by atoms with E-state index in [0.29, 0.717) is 12.3 Å². The fraction of sp³-hybridized carbons (Fsp3) is 0.471. The number of β-amino-alcohol motifs (C(OH)–C–C–N with tert-alkyl or cyclic N) is 1. The van der Waals surface area contributed by atoms with E-state index in [1.54, 1.807) is 12.1 Å². The lowest BCUT2D eigenvalue weighted by atomic mass is 10.1. The number of benzene rings is 1. The van der Waals surface area contributed by atoms with Crippen LogP contribution in [0.5, 0.6) is 5.75 Å². The second-order valence-corrected chi connectivity index (χ2v) is 5.94. The first-order valence-electron chi connectivity index (χ1n) is 7.85. The highest BCUT2D eigenvalue weighted by molar-refractivity contribution is 5.22. The molecule has 0 aliphatic carbocycles. The van der Waals surface area contributed by atoms with Gasteiger partial charge in [-0.15, -0.1) is 0 Å². The van der Waals surface area contributed by atoms with Crippen molar-refractivity contribution < 1.29 is 18.8 Å². The van der Waals surface area contributed by atoms with Gasteiger partial charge in [-0.3, -0.25) is 4.90 Å². The molecule has 2 heterocycles. The Labute approximate surface area is 134 Å². The lowest BCUT2D eigenvalue weighted by Gasteiger charge is -2.25. The zero-order valence-electron chi connectivity index (χ0n) is 13.1. The Bertz CT molecular complexity index is 629. The molecule has 0 saturated carbocycles. The maximum absolute atomic E-state index is 12.8. The van der Waals surface area contributed by atoms with Crippen molar-refractivity contribution >= 4 is 0 Å². The number of aliphatic hydroxyl groups excluding tert-OH is 1. The fourth-order valence-corrected chi connectivity index (χ4v) is 2.95. The number of aromatic nitrogens is 1. The zero-order chi connectivity index (χ0) is 16.2. The number of aliphatic hydroxyl groups is 1. The summed E-state index contributed by atoms with van der Waals surface area (Å²) in [7, 11) is 0.